The first-order valence-electron chi connectivity index (χ1n) is 4.93. The van der Waals surface area contributed by atoms with Gasteiger partial charge in [-0.2, -0.15) is 0 Å². The predicted octanol–water partition coefficient (Wildman–Crippen LogP) is 2.95. The van der Waals surface area contributed by atoms with Gasteiger partial charge in [-0.25, -0.2) is 4.98 Å². The van der Waals surface area contributed by atoms with Crippen LogP contribution in [-0.4, -0.2) is 16.9 Å². The van der Waals surface area contributed by atoms with Crippen LogP contribution in [0.4, 0.5) is 0 Å². The van der Waals surface area contributed by atoms with Gasteiger partial charge in [0.25, 0.3) is 5.91 Å². The molecule has 1 heterocycles. The predicted molar refractivity (Wildman–Crippen MR) is 66.6 cm³/mol. The van der Waals surface area contributed by atoms with E-state index >= 15 is 0 Å². The quantitative estimate of drug-likeness (QED) is 0.674. The third-order valence-electron chi connectivity index (χ3n) is 2.39. The van der Waals surface area contributed by atoms with Crippen molar-refractivity contribution in [3.8, 4) is 0 Å². The molecule has 1 N–H and O–H groups in total. The van der Waals surface area contributed by atoms with Crippen LogP contribution < -0.4 is 5.32 Å². The summed E-state index contributed by atoms with van der Waals surface area (Å²) in [6.45, 7) is 0. The standard InChI is InChI=1S/C11H10BrClN2O/c12-7-5-9(10(13)14-6-7)11(16)15-8-3-1-2-4-8/h1-2,5-6,8H,3-4H2,(H,15,16). The molecule has 0 saturated heterocycles. The fourth-order valence-corrected chi connectivity index (χ4v) is 2.10. The number of hydrogen-bond donors (Lipinski definition) is 1. The highest BCUT2D eigenvalue weighted by Crippen LogP contribution is 2.19. The monoisotopic (exact) mass is 300 g/mol. The Morgan fingerprint density at radius 3 is 2.88 bits per heavy atom. The molecule has 1 aliphatic carbocycles. The Labute approximate surface area is 107 Å². The van der Waals surface area contributed by atoms with E-state index in [1.807, 2.05) is 0 Å². The molecule has 1 aromatic rings. The fourth-order valence-electron chi connectivity index (χ4n) is 1.58. The molecular formula is C11H10BrClN2O. The summed E-state index contributed by atoms with van der Waals surface area (Å²) < 4.78 is 0.742. The Kier molecular flexibility index (Phi) is 3.61. The van der Waals surface area contributed by atoms with Crippen molar-refractivity contribution in [2.24, 2.45) is 0 Å². The summed E-state index contributed by atoms with van der Waals surface area (Å²) in [5.41, 5.74) is 0.406. The molecule has 0 spiro atoms. The number of carbonyl (C=O) groups excluding carboxylic acids is 1. The third kappa shape index (κ3) is 2.62. The molecule has 0 bridgehead atoms. The van der Waals surface area contributed by atoms with Gasteiger partial charge in [0.15, 0.2) is 0 Å². The normalized spacial score (nSPS) is 15.4. The number of rotatable bonds is 2. The highest BCUT2D eigenvalue weighted by atomic mass is 79.9. The van der Waals surface area contributed by atoms with E-state index in [-0.39, 0.29) is 17.1 Å². The maximum atomic E-state index is 11.9. The van der Waals surface area contributed by atoms with Crippen LogP contribution in [0.5, 0.6) is 0 Å². The molecule has 1 aromatic heterocycles. The minimum absolute atomic E-state index is 0.174. The second-order valence-electron chi connectivity index (χ2n) is 3.61. The summed E-state index contributed by atoms with van der Waals surface area (Å²) in [5.74, 6) is -0.174. The van der Waals surface area contributed by atoms with E-state index in [2.05, 4.69) is 38.4 Å². The van der Waals surface area contributed by atoms with Crippen molar-refractivity contribution >= 4 is 33.4 Å². The van der Waals surface area contributed by atoms with E-state index in [0.717, 1.165) is 17.3 Å². The lowest BCUT2D eigenvalue weighted by atomic mass is 10.2. The maximum absolute atomic E-state index is 11.9. The highest BCUT2D eigenvalue weighted by Gasteiger charge is 2.17. The molecule has 1 aliphatic rings. The zero-order valence-electron chi connectivity index (χ0n) is 8.41. The topological polar surface area (TPSA) is 42.0 Å². The van der Waals surface area contributed by atoms with Crippen molar-refractivity contribution in [2.45, 2.75) is 18.9 Å². The van der Waals surface area contributed by atoms with E-state index in [1.54, 1.807) is 12.3 Å². The number of pyridine rings is 1. The van der Waals surface area contributed by atoms with Crippen molar-refractivity contribution < 1.29 is 4.79 Å². The van der Waals surface area contributed by atoms with E-state index in [9.17, 15) is 4.79 Å². The van der Waals surface area contributed by atoms with Gasteiger partial charge in [0, 0.05) is 16.7 Å². The Morgan fingerprint density at radius 2 is 2.19 bits per heavy atom. The number of carbonyl (C=O) groups is 1. The van der Waals surface area contributed by atoms with E-state index in [0.29, 0.717) is 5.56 Å². The zero-order chi connectivity index (χ0) is 11.5. The number of halogens is 2. The minimum atomic E-state index is -0.174. The molecule has 2 rings (SSSR count). The lowest BCUT2D eigenvalue weighted by molar-refractivity contribution is 0.0938. The van der Waals surface area contributed by atoms with Crippen LogP contribution in [0.25, 0.3) is 0 Å². The first kappa shape index (κ1) is 11.6. The lowest BCUT2D eigenvalue weighted by Gasteiger charge is -2.12. The number of hydrogen-bond acceptors (Lipinski definition) is 2. The van der Waals surface area contributed by atoms with Gasteiger partial charge in [-0.15, -0.1) is 0 Å². The van der Waals surface area contributed by atoms with Crippen molar-refractivity contribution in [3.05, 3.63) is 39.6 Å². The van der Waals surface area contributed by atoms with Gasteiger partial charge in [0.1, 0.15) is 5.15 Å². The first-order valence-corrected chi connectivity index (χ1v) is 6.11. The van der Waals surface area contributed by atoms with E-state index < -0.39 is 0 Å². The van der Waals surface area contributed by atoms with Crippen LogP contribution in [0.2, 0.25) is 5.15 Å². The van der Waals surface area contributed by atoms with Crippen LogP contribution in [0.15, 0.2) is 28.9 Å². The van der Waals surface area contributed by atoms with Gasteiger partial charge in [-0.1, -0.05) is 23.8 Å². The summed E-state index contributed by atoms with van der Waals surface area (Å²) >= 11 is 9.13. The number of amides is 1. The van der Waals surface area contributed by atoms with Gasteiger partial charge < -0.3 is 5.32 Å². The molecule has 0 fully saturated rings. The molecule has 0 radical (unpaired) electrons. The first-order chi connectivity index (χ1) is 7.66. The van der Waals surface area contributed by atoms with Crippen LogP contribution in [-0.2, 0) is 0 Å². The summed E-state index contributed by atoms with van der Waals surface area (Å²) in [4.78, 5) is 15.8. The van der Waals surface area contributed by atoms with Crippen LogP contribution in [0, 0.1) is 0 Å². The fraction of sp³-hybridized carbons (Fsp3) is 0.273. The van der Waals surface area contributed by atoms with Crippen LogP contribution in [0.1, 0.15) is 23.2 Å². The minimum Gasteiger partial charge on any atom is -0.349 e. The second kappa shape index (κ2) is 4.97. The van der Waals surface area contributed by atoms with Gasteiger partial charge in [0.05, 0.1) is 5.56 Å². The number of aromatic nitrogens is 1. The zero-order valence-corrected chi connectivity index (χ0v) is 10.8. The molecule has 0 saturated carbocycles. The summed E-state index contributed by atoms with van der Waals surface area (Å²) in [6.07, 6.45) is 7.45. The largest absolute Gasteiger partial charge is 0.349 e. The Balaban J connectivity index is 2.10. The van der Waals surface area contributed by atoms with Gasteiger partial charge in [0.2, 0.25) is 0 Å². The van der Waals surface area contributed by atoms with Crippen molar-refractivity contribution in [1.29, 1.82) is 0 Å². The Bertz CT molecular complexity index is 440. The van der Waals surface area contributed by atoms with Gasteiger partial charge in [-0.05, 0) is 34.8 Å². The summed E-state index contributed by atoms with van der Waals surface area (Å²) in [5, 5.41) is 3.14. The molecule has 0 unspecified atom stereocenters. The maximum Gasteiger partial charge on any atom is 0.254 e. The molecule has 16 heavy (non-hydrogen) atoms. The third-order valence-corrected chi connectivity index (χ3v) is 3.13. The molecule has 5 heteroatoms. The van der Waals surface area contributed by atoms with Crippen LogP contribution in [0.3, 0.4) is 0 Å². The molecular weight excluding hydrogens is 291 g/mol. The van der Waals surface area contributed by atoms with E-state index in [4.69, 9.17) is 11.6 Å². The highest BCUT2D eigenvalue weighted by molar-refractivity contribution is 9.10. The van der Waals surface area contributed by atoms with Gasteiger partial charge >= 0.3 is 0 Å². The van der Waals surface area contributed by atoms with Crippen molar-refractivity contribution in [2.75, 3.05) is 0 Å². The Morgan fingerprint density at radius 1 is 1.50 bits per heavy atom. The Hall–Kier alpha value is -0.870. The smallest absolute Gasteiger partial charge is 0.254 e. The van der Waals surface area contributed by atoms with Gasteiger partial charge in [-0.3, -0.25) is 4.79 Å². The SMILES string of the molecule is O=C(NC1CC=CC1)c1cc(Br)cnc1Cl. The van der Waals surface area contributed by atoms with Crippen molar-refractivity contribution in [3.63, 3.8) is 0 Å². The molecule has 0 atom stereocenters. The molecule has 3 nitrogen and oxygen atoms in total. The molecule has 0 aliphatic heterocycles. The van der Waals surface area contributed by atoms with Crippen LogP contribution >= 0.6 is 27.5 Å². The summed E-state index contributed by atoms with van der Waals surface area (Å²) in [7, 11) is 0. The molecule has 84 valence electrons. The second-order valence-corrected chi connectivity index (χ2v) is 4.88. The molecule has 1 amide bonds. The average Bonchev–Trinajstić information content (AvgIpc) is 2.74. The van der Waals surface area contributed by atoms with Crippen molar-refractivity contribution in [1.82, 2.24) is 10.3 Å². The lowest BCUT2D eigenvalue weighted by Crippen LogP contribution is -2.33. The average molecular weight is 302 g/mol. The van der Waals surface area contributed by atoms with E-state index in [1.165, 1.54) is 0 Å². The summed E-state index contributed by atoms with van der Waals surface area (Å²) in [6, 6.07) is 1.86. The molecule has 0 aromatic carbocycles. The number of nitrogens with zero attached hydrogens (tertiary/aromatic N) is 1. The number of nitrogens with one attached hydrogen (secondary N) is 1.